The molecule has 0 radical (unpaired) electrons. The van der Waals surface area contributed by atoms with Crippen LogP contribution in [0.2, 0.25) is 0 Å². The standard InChI is InChI=1S/C48H82O8.C5H8O4/c1-7-9-11-13-15-17-19-21-23-25-27-29-36-52-45(50)42-43(46(51)53-37-30-28-26-24-22-20-18-16-14-12-10-8-2)56-47(55-42)41-33-31-40(32-34-41)44(49)48(5,6)54-38-35-39(3)4;6-4(7)2-1-3-5(8)9/h31-34,39,42-43,47H,7-30,35-38H2,1-6H3;1-3H2,(H,6,7)(H,8,9). The molecule has 0 amide bonds. The van der Waals surface area contributed by atoms with E-state index < -0.39 is 48.0 Å². The zero-order valence-corrected chi connectivity index (χ0v) is 41.5. The highest BCUT2D eigenvalue weighted by atomic mass is 16.8. The number of unbranched alkanes of at least 4 members (excludes halogenated alkanes) is 22. The summed E-state index contributed by atoms with van der Waals surface area (Å²) in [5.74, 6) is -2.77. The van der Waals surface area contributed by atoms with E-state index in [0.29, 0.717) is 23.7 Å². The zero-order chi connectivity index (χ0) is 48.1. The summed E-state index contributed by atoms with van der Waals surface area (Å²) in [5, 5.41) is 16.1. The fourth-order valence-electron chi connectivity index (χ4n) is 7.50. The van der Waals surface area contributed by atoms with Gasteiger partial charge in [-0.2, -0.15) is 0 Å². The highest BCUT2D eigenvalue weighted by Gasteiger charge is 2.47. The Hall–Kier alpha value is -3.35. The highest BCUT2D eigenvalue weighted by molar-refractivity contribution is 6.02. The molecule has 1 saturated heterocycles. The molecule has 2 unspecified atom stereocenters. The lowest BCUT2D eigenvalue weighted by Crippen LogP contribution is -2.39. The van der Waals surface area contributed by atoms with Gasteiger partial charge >= 0.3 is 23.9 Å². The molecular weight excluding hydrogens is 829 g/mol. The van der Waals surface area contributed by atoms with E-state index in [2.05, 4.69) is 27.7 Å². The molecule has 1 fully saturated rings. The van der Waals surface area contributed by atoms with Crippen LogP contribution in [0.3, 0.4) is 0 Å². The van der Waals surface area contributed by atoms with Crippen molar-refractivity contribution >= 4 is 29.7 Å². The zero-order valence-electron chi connectivity index (χ0n) is 41.5. The van der Waals surface area contributed by atoms with E-state index in [4.69, 9.17) is 33.9 Å². The first-order valence-electron chi connectivity index (χ1n) is 25.6. The van der Waals surface area contributed by atoms with Crippen LogP contribution in [0.4, 0.5) is 0 Å². The largest absolute Gasteiger partial charge is 0.481 e. The molecule has 0 bridgehead atoms. The molecule has 374 valence electrons. The van der Waals surface area contributed by atoms with Gasteiger partial charge in [-0.3, -0.25) is 14.4 Å². The Morgan fingerprint density at radius 1 is 0.538 bits per heavy atom. The van der Waals surface area contributed by atoms with E-state index in [1.165, 1.54) is 116 Å². The monoisotopic (exact) mass is 919 g/mol. The lowest BCUT2D eigenvalue weighted by molar-refractivity contribution is -0.163. The maximum atomic E-state index is 13.3. The summed E-state index contributed by atoms with van der Waals surface area (Å²) in [7, 11) is 0. The van der Waals surface area contributed by atoms with Gasteiger partial charge in [0.2, 0.25) is 0 Å². The van der Waals surface area contributed by atoms with Gasteiger partial charge in [-0.1, -0.05) is 193 Å². The average Bonchev–Trinajstić information content (AvgIpc) is 3.72. The molecule has 2 rings (SSSR count). The Morgan fingerprint density at radius 2 is 0.892 bits per heavy atom. The quantitative estimate of drug-likeness (QED) is 0.0364. The minimum atomic E-state index is -1.23. The smallest absolute Gasteiger partial charge is 0.338 e. The van der Waals surface area contributed by atoms with Crippen LogP contribution >= 0.6 is 0 Å². The molecule has 2 atom stereocenters. The Bertz CT molecular complexity index is 1340. The third-order valence-electron chi connectivity index (χ3n) is 11.7. The normalized spacial score (nSPS) is 16.0. The molecule has 0 saturated carbocycles. The van der Waals surface area contributed by atoms with E-state index in [-0.39, 0.29) is 38.3 Å². The number of carboxylic acid groups (broad SMARTS) is 2. The summed E-state index contributed by atoms with van der Waals surface area (Å²) >= 11 is 0. The van der Waals surface area contributed by atoms with Crippen molar-refractivity contribution in [3.63, 3.8) is 0 Å². The molecule has 0 spiro atoms. The second-order valence-corrected chi connectivity index (χ2v) is 18.7. The second-order valence-electron chi connectivity index (χ2n) is 18.7. The Morgan fingerprint density at radius 3 is 1.23 bits per heavy atom. The third kappa shape index (κ3) is 29.8. The number of aliphatic carboxylic acids is 2. The third-order valence-corrected chi connectivity index (χ3v) is 11.7. The van der Waals surface area contributed by atoms with Crippen LogP contribution in [0.25, 0.3) is 0 Å². The number of ketones is 1. The van der Waals surface area contributed by atoms with Crippen LogP contribution in [0.1, 0.15) is 244 Å². The lowest BCUT2D eigenvalue weighted by atomic mass is 9.95. The molecule has 1 aromatic carbocycles. The summed E-state index contributed by atoms with van der Waals surface area (Å²) in [6.45, 7) is 13.4. The maximum absolute atomic E-state index is 13.3. The molecule has 65 heavy (non-hydrogen) atoms. The number of carbonyl (C=O) groups excluding carboxylic acids is 3. The number of ether oxygens (including phenoxy) is 5. The van der Waals surface area contributed by atoms with Crippen molar-refractivity contribution in [2.24, 2.45) is 5.92 Å². The Balaban J connectivity index is 0.00000210. The fraction of sp³-hybridized carbons (Fsp3) is 0.792. The molecular formula is C53H90O12. The second kappa shape index (κ2) is 37.7. The van der Waals surface area contributed by atoms with E-state index in [9.17, 15) is 24.0 Å². The van der Waals surface area contributed by atoms with Gasteiger partial charge in [-0.05, 0) is 45.4 Å². The van der Waals surface area contributed by atoms with Gasteiger partial charge in [0.05, 0.1) is 13.2 Å². The SMILES string of the molecule is CCCCCCCCCCCCCCOC(=O)C1OC(c2ccc(C(=O)C(C)(C)OCCC(C)C)cc2)OC1C(=O)OCCCCCCCCCCCCCC.O=C(O)CCCC(=O)O. The minimum absolute atomic E-state index is 0.0632. The van der Waals surface area contributed by atoms with E-state index in [1.807, 2.05) is 0 Å². The molecule has 0 aromatic heterocycles. The molecule has 1 aliphatic heterocycles. The molecule has 1 heterocycles. The maximum Gasteiger partial charge on any atom is 0.338 e. The summed E-state index contributed by atoms with van der Waals surface area (Å²) in [5.41, 5.74) is 0.120. The van der Waals surface area contributed by atoms with Crippen molar-refractivity contribution in [3.8, 4) is 0 Å². The molecule has 12 heteroatoms. The van der Waals surface area contributed by atoms with Crippen molar-refractivity contribution in [1.29, 1.82) is 0 Å². The van der Waals surface area contributed by atoms with Gasteiger partial charge < -0.3 is 33.9 Å². The van der Waals surface area contributed by atoms with E-state index >= 15 is 0 Å². The molecule has 12 nitrogen and oxygen atoms in total. The van der Waals surface area contributed by atoms with Crippen LogP contribution in [-0.2, 0) is 42.9 Å². The average molecular weight is 919 g/mol. The van der Waals surface area contributed by atoms with Gasteiger partial charge in [0, 0.05) is 30.6 Å². The fourth-order valence-corrected chi connectivity index (χ4v) is 7.50. The summed E-state index contributed by atoms with van der Waals surface area (Å²) < 4.78 is 29.3. The van der Waals surface area contributed by atoms with Gasteiger partial charge in [-0.15, -0.1) is 0 Å². The predicted molar refractivity (Wildman–Crippen MR) is 256 cm³/mol. The summed E-state index contributed by atoms with van der Waals surface area (Å²) in [6.07, 6.45) is 26.8. The van der Waals surface area contributed by atoms with E-state index in [0.717, 1.165) is 44.9 Å². The molecule has 1 aromatic rings. The number of carbonyl (C=O) groups is 5. The van der Waals surface area contributed by atoms with Crippen LogP contribution in [0, 0.1) is 5.92 Å². The molecule has 1 aliphatic rings. The number of rotatable bonds is 39. The van der Waals surface area contributed by atoms with Crippen LogP contribution in [0.5, 0.6) is 0 Å². The van der Waals surface area contributed by atoms with Gasteiger partial charge in [0.25, 0.3) is 0 Å². The summed E-state index contributed by atoms with van der Waals surface area (Å²) in [6, 6.07) is 6.88. The lowest BCUT2D eigenvalue weighted by Gasteiger charge is -2.24. The van der Waals surface area contributed by atoms with Crippen LogP contribution in [0.15, 0.2) is 24.3 Å². The van der Waals surface area contributed by atoms with Gasteiger partial charge in [-0.25, -0.2) is 9.59 Å². The highest BCUT2D eigenvalue weighted by Crippen LogP contribution is 2.33. The van der Waals surface area contributed by atoms with Gasteiger partial charge in [0.15, 0.2) is 24.3 Å². The first kappa shape index (κ1) is 59.7. The summed E-state index contributed by atoms with van der Waals surface area (Å²) in [4.78, 5) is 59.5. The number of hydrogen-bond donors (Lipinski definition) is 2. The number of benzene rings is 1. The predicted octanol–water partition coefficient (Wildman–Crippen LogP) is 13.3. The van der Waals surface area contributed by atoms with Crippen molar-refractivity contribution < 1.29 is 57.9 Å². The minimum Gasteiger partial charge on any atom is -0.481 e. The Labute approximate surface area is 393 Å². The van der Waals surface area contributed by atoms with E-state index in [1.54, 1.807) is 38.1 Å². The van der Waals surface area contributed by atoms with Crippen molar-refractivity contribution in [2.75, 3.05) is 19.8 Å². The van der Waals surface area contributed by atoms with Crippen LogP contribution in [-0.4, -0.2) is 77.5 Å². The molecule has 2 N–H and O–H groups in total. The number of Topliss-reactive ketones (excluding diaryl/α,β-unsaturated/α-hetero) is 1. The first-order valence-corrected chi connectivity index (χ1v) is 25.6. The number of hydrogen-bond acceptors (Lipinski definition) is 10. The number of carboxylic acids is 2. The van der Waals surface area contributed by atoms with Crippen molar-refractivity contribution in [1.82, 2.24) is 0 Å². The van der Waals surface area contributed by atoms with Crippen molar-refractivity contribution in [2.45, 2.75) is 245 Å². The Kier molecular flexibility index (Phi) is 34.6. The molecule has 0 aliphatic carbocycles. The van der Waals surface area contributed by atoms with Crippen LogP contribution < -0.4 is 0 Å². The number of esters is 2. The van der Waals surface area contributed by atoms with Gasteiger partial charge in [0.1, 0.15) is 5.60 Å². The first-order chi connectivity index (χ1) is 31.2. The topological polar surface area (TPSA) is 172 Å². The van der Waals surface area contributed by atoms with Crippen molar-refractivity contribution in [3.05, 3.63) is 35.4 Å².